The molecule has 4 nitrogen and oxygen atoms in total. The van der Waals surface area contributed by atoms with Gasteiger partial charge in [0.2, 0.25) is 14.2 Å². The molecule has 2 fully saturated rings. The van der Waals surface area contributed by atoms with E-state index in [1.807, 2.05) is 0 Å². The molecule has 0 aromatic rings. The lowest BCUT2D eigenvalue weighted by atomic mass is 10.0. The van der Waals surface area contributed by atoms with Crippen molar-refractivity contribution in [3.63, 3.8) is 0 Å². The molecular weight excluding hydrogens is 282 g/mol. The Morgan fingerprint density at radius 1 is 0.895 bits per heavy atom. The highest BCUT2D eigenvalue weighted by Crippen LogP contribution is 2.28. The van der Waals surface area contributed by atoms with Crippen molar-refractivity contribution in [2.24, 2.45) is 0 Å². The van der Waals surface area contributed by atoms with Gasteiger partial charge in [-0.25, -0.2) is 8.42 Å². The molecule has 0 aliphatic heterocycles. The number of hydrogen-bond donors (Lipinski definition) is 1. The average Bonchev–Trinajstić information content (AvgIpc) is 2.47. The predicted molar refractivity (Wildman–Crippen MR) is 78.5 cm³/mol. The number of rotatable bonds is 2. The number of nitrogens with one attached hydrogen (secondary N) is 1. The monoisotopic (exact) mass is 305 g/mol. The highest BCUT2D eigenvalue weighted by atomic mass is 32.3. The minimum atomic E-state index is -3.63. The van der Waals surface area contributed by atoms with Crippen molar-refractivity contribution in [1.82, 2.24) is 0 Å². The maximum atomic E-state index is 12.4. The van der Waals surface area contributed by atoms with Gasteiger partial charge in [0.15, 0.2) is 0 Å². The molecule has 0 radical (unpaired) electrons. The average molecular weight is 305 g/mol. The maximum absolute atomic E-state index is 12.4. The Morgan fingerprint density at radius 3 is 1.89 bits per heavy atom. The normalized spacial score (nSPS) is 25.1. The second-order valence-electron chi connectivity index (χ2n) is 5.65. The van der Waals surface area contributed by atoms with Crippen molar-refractivity contribution in [1.29, 1.82) is 5.41 Å². The molecule has 2 saturated carbocycles. The summed E-state index contributed by atoms with van der Waals surface area (Å²) in [6, 6.07) is 0. The third-order valence-corrected chi connectivity index (χ3v) is 8.79. The van der Waals surface area contributed by atoms with Crippen molar-refractivity contribution in [2.45, 2.75) is 74.7 Å². The third kappa shape index (κ3) is 3.45. The molecule has 1 atom stereocenters. The van der Waals surface area contributed by atoms with Crippen LogP contribution in [0.5, 0.6) is 0 Å². The Balaban J connectivity index is 2.06. The minimum Gasteiger partial charge on any atom is -0.282 e. The van der Waals surface area contributed by atoms with Crippen LogP contribution in [0.3, 0.4) is 0 Å². The standard InChI is InChI=1S/C13H23NO3S2/c14-13(18(15)11-7-3-1-4-8-11)19(16,17)12-9-5-2-6-10-12/h11-12,14H,1-10H2. The van der Waals surface area contributed by atoms with E-state index in [1.54, 1.807) is 0 Å². The Kier molecular flexibility index (Phi) is 5.17. The summed E-state index contributed by atoms with van der Waals surface area (Å²) in [6.45, 7) is 0. The Morgan fingerprint density at radius 2 is 1.37 bits per heavy atom. The summed E-state index contributed by atoms with van der Waals surface area (Å²) in [7, 11) is -5.25. The number of sulfone groups is 1. The van der Waals surface area contributed by atoms with Gasteiger partial charge in [0.05, 0.1) is 16.0 Å². The summed E-state index contributed by atoms with van der Waals surface area (Å²) < 4.78 is 36.5. The molecule has 0 spiro atoms. The van der Waals surface area contributed by atoms with Gasteiger partial charge in [-0.15, -0.1) is 0 Å². The van der Waals surface area contributed by atoms with Crippen LogP contribution in [-0.4, -0.2) is 27.5 Å². The van der Waals surface area contributed by atoms with E-state index >= 15 is 0 Å². The molecule has 0 bridgehead atoms. The van der Waals surface area contributed by atoms with Gasteiger partial charge in [0, 0.05) is 5.25 Å². The second-order valence-corrected chi connectivity index (χ2v) is 9.74. The molecular formula is C13H23NO3S2. The Hall–Kier alpha value is -0.230. The molecule has 6 heteroatoms. The van der Waals surface area contributed by atoms with Crippen molar-refractivity contribution in [3.05, 3.63) is 0 Å². The van der Waals surface area contributed by atoms with Crippen LogP contribution in [0.15, 0.2) is 0 Å². The molecule has 0 aromatic carbocycles. The largest absolute Gasteiger partial charge is 0.282 e. The van der Waals surface area contributed by atoms with Crippen LogP contribution in [0.25, 0.3) is 0 Å². The summed E-state index contributed by atoms with van der Waals surface area (Å²) in [5.41, 5.74) is 0. The SMILES string of the molecule is N=C(S(=O)C1CCCCC1)S(=O)(=O)C1CCCCC1. The number of hydrogen-bond acceptors (Lipinski definition) is 4. The van der Waals surface area contributed by atoms with Crippen molar-refractivity contribution >= 4 is 25.0 Å². The van der Waals surface area contributed by atoms with Crippen molar-refractivity contribution < 1.29 is 12.6 Å². The molecule has 2 aliphatic carbocycles. The quantitative estimate of drug-likeness (QED) is 0.629. The molecule has 1 N–H and O–H groups in total. The summed E-state index contributed by atoms with van der Waals surface area (Å²) in [5.74, 6) is 0. The lowest BCUT2D eigenvalue weighted by Gasteiger charge is -2.24. The summed E-state index contributed by atoms with van der Waals surface area (Å²) in [6.07, 6.45) is 8.91. The van der Waals surface area contributed by atoms with E-state index in [9.17, 15) is 12.6 Å². The van der Waals surface area contributed by atoms with Crippen LogP contribution in [-0.2, 0) is 20.6 Å². The maximum Gasteiger partial charge on any atom is 0.212 e. The molecule has 2 aliphatic rings. The first-order chi connectivity index (χ1) is 9.03. The highest BCUT2D eigenvalue weighted by Gasteiger charge is 2.36. The fourth-order valence-corrected chi connectivity index (χ4v) is 7.13. The van der Waals surface area contributed by atoms with Crippen LogP contribution < -0.4 is 0 Å². The fraction of sp³-hybridized carbons (Fsp3) is 0.923. The molecule has 0 aromatic heterocycles. The summed E-state index contributed by atoms with van der Waals surface area (Å²) in [4.78, 5) is 0. The van der Waals surface area contributed by atoms with Gasteiger partial charge >= 0.3 is 0 Å². The molecule has 1 unspecified atom stereocenters. The van der Waals surface area contributed by atoms with Gasteiger partial charge in [0.25, 0.3) is 0 Å². The van der Waals surface area contributed by atoms with Crippen LogP contribution in [0.1, 0.15) is 64.2 Å². The zero-order chi connectivity index (χ0) is 13.9. The van der Waals surface area contributed by atoms with Crippen LogP contribution >= 0.6 is 0 Å². The predicted octanol–water partition coefficient (Wildman–Crippen LogP) is 2.75. The van der Waals surface area contributed by atoms with Crippen LogP contribution in [0.2, 0.25) is 0 Å². The summed E-state index contributed by atoms with van der Waals surface area (Å²) in [5, 5.41) is 7.31. The van der Waals surface area contributed by atoms with E-state index in [2.05, 4.69) is 0 Å². The highest BCUT2D eigenvalue weighted by molar-refractivity contribution is 8.29. The van der Waals surface area contributed by atoms with E-state index in [-0.39, 0.29) is 5.25 Å². The molecule has 19 heavy (non-hydrogen) atoms. The third-order valence-electron chi connectivity index (χ3n) is 4.29. The van der Waals surface area contributed by atoms with Gasteiger partial charge in [-0.3, -0.25) is 9.62 Å². The minimum absolute atomic E-state index is 0.111. The van der Waals surface area contributed by atoms with E-state index in [0.717, 1.165) is 51.4 Å². The van der Waals surface area contributed by atoms with E-state index < -0.39 is 30.3 Å². The topological polar surface area (TPSA) is 75.1 Å². The van der Waals surface area contributed by atoms with Gasteiger partial charge in [-0.05, 0) is 25.7 Å². The van der Waals surface area contributed by atoms with Gasteiger partial charge in [-0.2, -0.15) is 0 Å². The lowest BCUT2D eigenvalue weighted by Crippen LogP contribution is -2.36. The zero-order valence-corrected chi connectivity index (χ0v) is 12.9. The fourth-order valence-electron chi connectivity index (χ4n) is 3.07. The first-order valence-electron chi connectivity index (χ1n) is 7.26. The van der Waals surface area contributed by atoms with Crippen molar-refractivity contribution in [3.8, 4) is 0 Å². The molecule has 2 rings (SSSR count). The first-order valence-corrected chi connectivity index (χ1v) is 10.0. The Bertz CT molecular complexity index is 447. The zero-order valence-electron chi connectivity index (χ0n) is 11.3. The molecule has 0 saturated heterocycles. The van der Waals surface area contributed by atoms with Crippen molar-refractivity contribution in [2.75, 3.05) is 0 Å². The Labute approximate surface area is 118 Å². The van der Waals surface area contributed by atoms with Gasteiger partial charge < -0.3 is 0 Å². The van der Waals surface area contributed by atoms with Crippen LogP contribution in [0.4, 0.5) is 0 Å². The van der Waals surface area contributed by atoms with E-state index in [1.165, 1.54) is 0 Å². The lowest BCUT2D eigenvalue weighted by molar-refractivity contribution is 0.489. The molecule has 0 amide bonds. The van der Waals surface area contributed by atoms with E-state index in [4.69, 9.17) is 5.41 Å². The second kappa shape index (κ2) is 6.48. The molecule has 0 heterocycles. The first kappa shape index (κ1) is 15.2. The smallest absolute Gasteiger partial charge is 0.212 e. The van der Waals surface area contributed by atoms with E-state index in [0.29, 0.717) is 12.8 Å². The van der Waals surface area contributed by atoms with Gasteiger partial charge in [0.1, 0.15) is 0 Å². The molecule has 110 valence electrons. The summed E-state index contributed by atoms with van der Waals surface area (Å²) >= 11 is 0. The van der Waals surface area contributed by atoms with Gasteiger partial charge in [-0.1, -0.05) is 38.5 Å². The van der Waals surface area contributed by atoms with Crippen LogP contribution in [0, 0.1) is 5.41 Å².